The van der Waals surface area contributed by atoms with Crippen LogP contribution in [-0.4, -0.2) is 16.1 Å². The lowest BCUT2D eigenvalue weighted by Crippen LogP contribution is -2.44. The van der Waals surface area contributed by atoms with Crippen molar-refractivity contribution in [3.63, 3.8) is 0 Å². The fourth-order valence-electron chi connectivity index (χ4n) is 0. The van der Waals surface area contributed by atoms with Gasteiger partial charge in [-0.25, -0.2) is 0 Å². The molecule has 0 bridgehead atoms. The van der Waals surface area contributed by atoms with Crippen LogP contribution in [0.3, 0.4) is 0 Å². The van der Waals surface area contributed by atoms with Crippen LogP contribution >= 0.6 is 0 Å². The molecule has 3 heteroatoms. The van der Waals surface area contributed by atoms with Gasteiger partial charge in [-0.3, -0.25) is 5.73 Å². The SMILES string of the molecule is CC(C)C(N)(O)O. The first kappa shape index (κ1) is 6.88. The van der Waals surface area contributed by atoms with E-state index in [4.69, 9.17) is 15.9 Å². The molecule has 0 atom stereocenters. The zero-order valence-electron chi connectivity index (χ0n) is 4.55. The van der Waals surface area contributed by atoms with Crippen LogP contribution in [0.25, 0.3) is 0 Å². The van der Waals surface area contributed by atoms with E-state index >= 15 is 0 Å². The predicted octanol–water partition coefficient (Wildman–Crippen LogP) is -0.760. The van der Waals surface area contributed by atoms with Crippen molar-refractivity contribution < 1.29 is 10.2 Å². The Labute approximate surface area is 42.8 Å². The molecule has 0 fully saturated rings. The van der Waals surface area contributed by atoms with Crippen LogP contribution < -0.4 is 5.73 Å². The lowest BCUT2D eigenvalue weighted by Gasteiger charge is -2.18. The highest BCUT2D eigenvalue weighted by atomic mass is 16.5. The molecule has 4 N–H and O–H groups in total. The molecule has 0 rings (SSSR count). The van der Waals surface area contributed by atoms with E-state index in [0.29, 0.717) is 0 Å². The normalized spacial score (nSPS) is 12.9. The molecule has 0 unspecified atom stereocenters. The Morgan fingerprint density at radius 3 is 1.57 bits per heavy atom. The first-order valence-electron chi connectivity index (χ1n) is 2.18. The average Bonchev–Trinajstić information content (AvgIpc) is 1.31. The Morgan fingerprint density at radius 1 is 1.43 bits per heavy atom. The van der Waals surface area contributed by atoms with E-state index in [1.807, 2.05) is 0 Å². The summed E-state index contributed by atoms with van der Waals surface area (Å²) in [7, 11) is 0. The summed E-state index contributed by atoms with van der Waals surface area (Å²) in [6.07, 6.45) is 0. The maximum absolute atomic E-state index is 8.43. The van der Waals surface area contributed by atoms with Crippen LogP contribution in [0.15, 0.2) is 0 Å². The number of nitrogens with two attached hydrogens (primary N) is 1. The summed E-state index contributed by atoms with van der Waals surface area (Å²) in [5.41, 5.74) is 4.79. The summed E-state index contributed by atoms with van der Waals surface area (Å²) in [6, 6.07) is 0. The van der Waals surface area contributed by atoms with Crippen molar-refractivity contribution in [1.29, 1.82) is 0 Å². The van der Waals surface area contributed by atoms with Gasteiger partial charge < -0.3 is 10.2 Å². The average molecular weight is 105 g/mol. The van der Waals surface area contributed by atoms with E-state index in [1.54, 1.807) is 13.8 Å². The zero-order valence-corrected chi connectivity index (χ0v) is 4.55. The van der Waals surface area contributed by atoms with Gasteiger partial charge in [-0.2, -0.15) is 0 Å². The van der Waals surface area contributed by atoms with Crippen LogP contribution in [-0.2, 0) is 0 Å². The van der Waals surface area contributed by atoms with E-state index in [-0.39, 0.29) is 5.92 Å². The standard InChI is InChI=1S/C4H11NO2/c1-3(2)4(5,6)7/h3,6-7H,5H2,1-2H3. The first-order valence-corrected chi connectivity index (χ1v) is 2.18. The highest BCUT2D eigenvalue weighted by molar-refractivity contribution is 4.57. The Kier molecular flexibility index (Phi) is 1.75. The summed E-state index contributed by atoms with van der Waals surface area (Å²) >= 11 is 0. The van der Waals surface area contributed by atoms with Gasteiger partial charge in [0, 0.05) is 5.92 Å². The molecule has 0 saturated heterocycles. The fourth-order valence-corrected chi connectivity index (χ4v) is 0. The van der Waals surface area contributed by atoms with E-state index in [0.717, 1.165) is 0 Å². The third-order valence-corrected chi connectivity index (χ3v) is 0.850. The molecule has 0 amide bonds. The summed E-state index contributed by atoms with van der Waals surface area (Å²) < 4.78 is 0. The Morgan fingerprint density at radius 2 is 1.57 bits per heavy atom. The largest absolute Gasteiger partial charge is 0.353 e. The van der Waals surface area contributed by atoms with Gasteiger partial charge in [0.1, 0.15) is 0 Å². The van der Waals surface area contributed by atoms with Gasteiger partial charge in [-0.05, 0) is 0 Å². The molecule has 0 aromatic rings. The number of rotatable bonds is 1. The molecule has 0 aliphatic carbocycles. The highest BCUT2D eigenvalue weighted by Gasteiger charge is 2.20. The van der Waals surface area contributed by atoms with E-state index < -0.39 is 5.91 Å². The third-order valence-electron chi connectivity index (χ3n) is 0.850. The van der Waals surface area contributed by atoms with Crippen molar-refractivity contribution in [2.45, 2.75) is 19.8 Å². The number of hydrogen-bond acceptors (Lipinski definition) is 3. The lowest BCUT2D eigenvalue weighted by atomic mass is 10.1. The van der Waals surface area contributed by atoms with Gasteiger partial charge in [0.2, 0.25) is 5.91 Å². The Bertz CT molecular complexity index is 55.2. The van der Waals surface area contributed by atoms with Gasteiger partial charge in [0.15, 0.2) is 0 Å². The van der Waals surface area contributed by atoms with Crippen molar-refractivity contribution in [1.82, 2.24) is 0 Å². The fraction of sp³-hybridized carbons (Fsp3) is 1.00. The molecule has 0 aliphatic rings. The Balaban J connectivity index is 3.54. The summed E-state index contributed by atoms with van der Waals surface area (Å²) in [6.45, 7) is 3.25. The van der Waals surface area contributed by atoms with Crippen LogP contribution in [0.4, 0.5) is 0 Å². The molecular formula is C4H11NO2. The summed E-state index contributed by atoms with van der Waals surface area (Å²) in [5.74, 6) is -2.31. The van der Waals surface area contributed by atoms with Crippen molar-refractivity contribution in [2.75, 3.05) is 0 Å². The monoisotopic (exact) mass is 105 g/mol. The summed E-state index contributed by atoms with van der Waals surface area (Å²) in [5, 5.41) is 16.9. The van der Waals surface area contributed by atoms with Crippen LogP contribution in [0.5, 0.6) is 0 Å². The van der Waals surface area contributed by atoms with Gasteiger partial charge in [0.05, 0.1) is 0 Å². The molecular weight excluding hydrogens is 94.0 g/mol. The molecule has 0 spiro atoms. The maximum Gasteiger partial charge on any atom is 0.222 e. The topological polar surface area (TPSA) is 66.5 Å². The molecule has 0 aromatic heterocycles. The van der Waals surface area contributed by atoms with E-state index in [9.17, 15) is 0 Å². The van der Waals surface area contributed by atoms with Gasteiger partial charge in [-0.15, -0.1) is 0 Å². The summed E-state index contributed by atoms with van der Waals surface area (Å²) in [4.78, 5) is 0. The van der Waals surface area contributed by atoms with E-state index in [1.165, 1.54) is 0 Å². The van der Waals surface area contributed by atoms with Crippen molar-refractivity contribution >= 4 is 0 Å². The Hall–Kier alpha value is -0.120. The van der Waals surface area contributed by atoms with Crippen molar-refractivity contribution in [3.05, 3.63) is 0 Å². The molecule has 0 saturated carbocycles. The third kappa shape index (κ3) is 2.56. The molecule has 44 valence electrons. The number of hydrogen-bond donors (Lipinski definition) is 3. The van der Waals surface area contributed by atoms with Crippen molar-refractivity contribution in [2.24, 2.45) is 11.7 Å². The molecule has 0 radical (unpaired) electrons. The second-order valence-electron chi connectivity index (χ2n) is 1.94. The van der Waals surface area contributed by atoms with Crippen LogP contribution in [0, 0.1) is 5.92 Å². The second kappa shape index (κ2) is 1.78. The smallest absolute Gasteiger partial charge is 0.222 e. The predicted molar refractivity (Wildman–Crippen MR) is 26.2 cm³/mol. The lowest BCUT2D eigenvalue weighted by molar-refractivity contribution is -0.186. The second-order valence-corrected chi connectivity index (χ2v) is 1.94. The zero-order chi connectivity index (χ0) is 6.08. The van der Waals surface area contributed by atoms with E-state index in [2.05, 4.69) is 0 Å². The van der Waals surface area contributed by atoms with Crippen LogP contribution in [0.2, 0.25) is 0 Å². The molecule has 0 heterocycles. The van der Waals surface area contributed by atoms with Gasteiger partial charge >= 0.3 is 0 Å². The molecule has 7 heavy (non-hydrogen) atoms. The minimum Gasteiger partial charge on any atom is -0.353 e. The maximum atomic E-state index is 8.43. The minimum absolute atomic E-state index is 0.313. The first-order chi connectivity index (χ1) is 2.94. The van der Waals surface area contributed by atoms with Crippen LogP contribution in [0.1, 0.15) is 13.8 Å². The molecule has 3 nitrogen and oxygen atoms in total. The highest BCUT2D eigenvalue weighted by Crippen LogP contribution is 2.03. The minimum atomic E-state index is -2.00. The van der Waals surface area contributed by atoms with Gasteiger partial charge in [-0.1, -0.05) is 13.8 Å². The molecule has 0 aromatic carbocycles. The van der Waals surface area contributed by atoms with Gasteiger partial charge in [0.25, 0.3) is 0 Å². The quantitative estimate of drug-likeness (QED) is 0.384. The number of aliphatic hydroxyl groups is 2. The molecule has 0 aliphatic heterocycles. The van der Waals surface area contributed by atoms with Crippen molar-refractivity contribution in [3.8, 4) is 0 Å².